The van der Waals surface area contributed by atoms with E-state index in [1.807, 2.05) is 18.2 Å². The molecule has 0 saturated carbocycles. The summed E-state index contributed by atoms with van der Waals surface area (Å²) in [4.78, 5) is 48.3. The van der Waals surface area contributed by atoms with Gasteiger partial charge in [-0.1, -0.05) is 42.5 Å². The first-order chi connectivity index (χ1) is 15.9. The van der Waals surface area contributed by atoms with Gasteiger partial charge in [0.1, 0.15) is 18.4 Å². The van der Waals surface area contributed by atoms with Gasteiger partial charge in [-0.2, -0.15) is 0 Å². The number of hydrogen-bond donors (Lipinski definition) is 3. The minimum atomic E-state index is -1.05. The molecule has 33 heavy (non-hydrogen) atoms. The number of rotatable bonds is 9. The molecule has 1 fully saturated rings. The molecule has 0 radical (unpaired) electrons. The number of nitrogens with one attached hydrogen (secondary N) is 3. The second-order valence-electron chi connectivity index (χ2n) is 7.34. The second-order valence-corrected chi connectivity index (χ2v) is 7.34. The summed E-state index contributed by atoms with van der Waals surface area (Å²) < 4.78 is 15.3. The average Bonchev–Trinajstić information content (AvgIpc) is 2.81. The van der Waals surface area contributed by atoms with Crippen LogP contribution in [-0.2, 0) is 36.9 Å². The molecule has 1 aliphatic heterocycles. The SMILES string of the molecule is COc1ccc(C[C@H](NC(=O)OCc2ccccc2)C(=O)N[C@@H]2C(=O)N[C@H]2OC(C)=O)cc1. The predicted octanol–water partition coefficient (Wildman–Crippen LogP) is 1.04. The Balaban J connectivity index is 1.66. The van der Waals surface area contributed by atoms with Crippen molar-refractivity contribution in [3.8, 4) is 5.75 Å². The molecule has 3 N–H and O–H groups in total. The molecule has 2 aromatic carbocycles. The average molecular weight is 455 g/mol. The van der Waals surface area contributed by atoms with E-state index in [1.165, 1.54) is 6.92 Å². The first-order valence-corrected chi connectivity index (χ1v) is 10.2. The van der Waals surface area contributed by atoms with Crippen molar-refractivity contribution in [3.05, 3.63) is 65.7 Å². The summed E-state index contributed by atoms with van der Waals surface area (Å²) in [5, 5.41) is 7.45. The number of ether oxygens (including phenoxy) is 3. The number of benzene rings is 2. The maximum absolute atomic E-state index is 12.9. The summed E-state index contributed by atoms with van der Waals surface area (Å²) >= 11 is 0. The molecule has 1 aliphatic rings. The zero-order valence-corrected chi connectivity index (χ0v) is 18.2. The van der Waals surface area contributed by atoms with Gasteiger partial charge in [-0.05, 0) is 23.3 Å². The topological polar surface area (TPSA) is 132 Å². The molecule has 0 spiro atoms. The van der Waals surface area contributed by atoms with Crippen molar-refractivity contribution in [2.45, 2.75) is 38.3 Å². The minimum Gasteiger partial charge on any atom is -0.497 e. The standard InChI is InChI=1S/C23H25N3O7/c1-14(27)33-22-19(21(29)26-22)25-20(28)18(12-15-8-10-17(31-2)11-9-15)24-23(30)32-13-16-6-4-3-5-7-16/h3-11,18-19,22H,12-13H2,1-2H3,(H,24,30)(H,25,28)(H,26,29)/t18-,19+,22-/m0/s1. The lowest BCUT2D eigenvalue weighted by Gasteiger charge is -2.36. The van der Waals surface area contributed by atoms with Crippen LogP contribution in [-0.4, -0.2) is 49.3 Å². The first kappa shape index (κ1) is 23.6. The van der Waals surface area contributed by atoms with Gasteiger partial charge >= 0.3 is 12.1 Å². The molecule has 0 unspecified atom stereocenters. The van der Waals surface area contributed by atoms with Crippen molar-refractivity contribution in [3.63, 3.8) is 0 Å². The van der Waals surface area contributed by atoms with Gasteiger partial charge in [0.05, 0.1) is 7.11 Å². The summed E-state index contributed by atoms with van der Waals surface area (Å²) in [6.07, 6.45) is -1.63. The van der Waals surface area contributed by atoms with E-state index in [-0.39, 0.29) is 13.0 Å². The van der Waals surface area contributed by atoms with Crippen molar-refractivity contribution < 1.29 is 33.4 Å². The van der Waals surface area contributed by atoms with Gasteiger partial charge in [-0.25, -0.2) is 4.79 Å². The van der Waals surface area contributed by atoms with Gasteiger partial charge in [-0.3, -0.25) is 14.4 Å². The summed E-state index contributed by atoms with van der Waals surface area (Å²) in [6, 6.07) is 14.0. The molecule has 1 heterocycles. The van der Waals surface area contributed by atoms with Crippen molar-refractivity contribution in [1.29, 1.82) is 0 Å². The van der Waals surface area contributed by atoms with Gasteiger partial charge in [0.2, 0.25) is 12.1 Å². The number of β-lactam (4-membered cyclic amide) rings is 1. The fourth-order valence-corrected chi connectivity index (χ4v) is 3.14. The predicted molar refractivity (Wildman–Crippen MR) is 116 cm³/mol. The number of alkyl carbamates (subject to hydrolysis) is 1. The molecular weight excluding hydrogens is 430 g/mol. The fourth-order valence-electron chi connectivity index (χ4n) is 3.14. The van der Waals surface area contributed by atoms with Crippen LogP contribution in [0.25, 0.3) is 0 Å². The Kier molecular flexibility index (Phi) is 7.85. The third-order valence-electron chi connectivity index (χ3n) is 4.88. The summed E-state index contributed by atoms with van der Waals surface area (Å²) in [5.74, 6) is -1.08. The van der Waals surface area contributed by atoms with Crippen molar-refractivity contribution in [2.75, 3.05) is 7.11 Å². The van der Waals surface area contributed by atoms with Gasteiger partial charge in [-0.15, -0.1) is 0 Å². The Morgan fingerprint density at radius 2 is 1.73 bits per heavy atom. The zero-order chi connectivity index (χ0) is 23.8. The molecule has 3 rings (SSSR count). The van der Waals surface area contributed by atoms with Crippen LogP contribution in [0, 0.1) is 0 Å². The van der Waals surface area contributed by atoms with Gasteiger partial charge in [0.25, 0.3) is 5.91 Å². The van der Waals surface area contributed by atoms with E-state index in [4.69, 9.17) is 14.2 Å². The largest absolute Gasteiger partial charge is 0.497 e. The monoisotopic (exact) mass is 455 g/mol. The lowest BCUT2D eigenvalue weighted by molar-refractivity contribution is -0.164. The molecule has 10 heteroatoms. The first-order valence-electron chi connectivity index (χ1n) is 10.2. The van der Waals surface area contributed by atoms with E-state index in [1.54, 1.807) is 43.5 Å². The van der Waals surface area contributed by atoms with Crippen molar-refractivity contribution in [1.82, 2.24) is 16.0 Å². The van der Waals surface area contributed by atoms with Crippen LogP contribution in [0.5, 0.6) is 5.75 Å². The molecule has 2 aromatic rings. The van der Waals surface area contributed by atoms with Crippen LogP contribution in [0.4, 0.5) is 4.79 Å². The summed E-state index contributed by atoms with van der Waals surface area (Å²) in [5.41, 5.74) is 1.54. The van der Waals surface area contributed by atoms with Crippen molar-refractivity contribution >= 4 is 23.9 Å². The minimum absolute atomic E-state index is 0.0309. The number of carbonyl (C=O) groups is 4. The molecule has 3 amide bonds. The van der Waals surface area contributed by atoms with E-state index in [9.17, 15) is 19.2 Å². The molecule has 1 saturated heterocycles. The Hall–Kier alpha value is -4.08. The van der Waals surface area contributed by atoms with E-state index < -0.39 is 42.2 Å². The highest BCUT2D eigenvalue weighted by Crippen LogP contribution is 2.14. The van der Waals surface area contributed by atoms with E-state index >= 15 is 0 Å². The summed E-state index contributed by atoms with van der Waals surface area (Å²) in [7, 11) is 1.54. The lowest BCUT2D eigenvalue weighted by Crippen LogP contribution is -2.71. The van der Waals surface area contributed by atoms with E-state index in [0.29, 0.717) is 5.75 Å². The van der Waals surface area contributed by atoms with Gasteiger partial charge in [0.15, 0.2) is 6.04 Å². The third kappa shape index (κ3) is 6.70. The number of methoxy groups -OCH3 is 1. The quantitative estimate of drug-likeness (QED) is 0.380. The summed E-state index contributed by atoms with van der Waals surface area (Å²) in [6.45, 7) is 1.23. The Labute approximate surface area is 190 Å². The van der Waals surface area contributed by atoms with Crippen LogP contribution in [0.1, 0.15) is 18.1 Å². The molecular formula is C23H25N3O7. The Morgan fingerprint density at radius 1 is 1.03 bits per heavy atom. The van der Waals surface area contributed by atoms with Gasteiger partial charge in [0, 0.05) is 13.3 Å². The molecule has 0 bridgehead atoms. The Bertz CT molecular complexity index is 995. The number of hydrogen-bond acceptors (Lipinski definition) is 7. The third-order valence-corrected chi connectivity index (χ3v) is 4.88. The smallest absolute Gasteiger partial charge is 0.408 e. The highest BCUT2D eigenvalue weighted by molar-refractivity contribution is 5.95. The number of amides is 3. The lowest BCUT2D eigenvalue weighted by atomic mass is 10.0. The highest BCUT2D eigenvalue weighted by atomic mass is 16.6. The number of esters is 1. The number of carbonyl (C=O) groups excluding carboxylic acids is 4. The van der Waals surface area contributed by atoms with Crippen LogP contribution in [0.3, 0.4) is 0 Å². The van der Waals surface area contributed by atoms with Crippen LogP contribution in [0.2, 0.25) is 0 Å². The second kappa shape index (κ2) is 11.0. The van der Waals surface area contributed by atoms with Gasteiger partial charge < -0.3 is 30.2 Å². The van der Waals surface area contributed by atoms with Crippen LogP contribution >= 0.6 is 0 Å². The van der Waals surface area contributed by atoms with Crippen molar-refractivity contribution in [2.24, 2.45) is 0 Å². The normalized spacial score (nSPS) is 17.6. The zero-order valence-electron chi connectivity index (χ0n) is 18.2. The highest BCUT2D eigenvalue weighted by Gasteiger charge is 2.44. The maximum atomic E-state index is 12.9. The molecule has 0 aromatic heterocycles. The fraction of sp³-hybridized carbons (Fsp3) is 0.304. The molecule has 10 nitrogen and oxygen atoms in total. The van der Waals surface area contributed by atoms with Crippen LogP contribution in [0.15, 0.2) is 54.6 Å². The molecule has 174 valence electrons. The molecule has 0 aliphatic carbocycles. The van der Waals surface area contributed by atoms with E-state index in [0.717, 1.165) is 11.1 Å². The molecule has 3 atom stereocenters. The van der Waals surface area contributed by atoms with Crippen LogP contribution < -0.4 is 20.7 Å². The van der Waals surface area contributed by atoms with E-state index in [2.05, 4.69) is 16.0 Å². The maximum Gasteiger partial charge on any atom is 0.408 e. The Morgan fingerprint density at radius 3 is 2.33 bits per heavy atom.